The predicted octanol–water partition coefficient (Wildman–Crippen LogP) is 1.24. The first-order valence-electron chi connectivity index (χ1n) is 3.15. The van der Waals surface area contributed by atoms with Crippen molar-refractivity contribution in [2.24, 2.45) is 0 Å². The Morgan fingerprint density at radius 1 is 1.54 bits per heavy atom. The topological polar surface area (TPSA) is 67.2 Å². The van der Waals surface area contributed by atoms with Gasteiger partial charge in [-0.2, -0.15) is 0 Å². The molecule has 0 aliphatic carbocycles. The van der Waals surface area contributed by atoms with Gasteiger partial charge in [0.25, 0.3) is 9.05 Å². The number of rotatable bonds is 1. The maximum atomic E-state index is 11.0. The number of aromatic nitrogens is 3. The third-order valence-corrected chi connectivity index (χ3v) is 3.19. The second kappa shape index (κ2) is 2.63. The fourth-order valence-electron chi connectivity index (χ4n) is 1.04. The number of imidazole rings is 2. The molecule has 0 amide bonds. The summed E-state index contributed by atoms with van der Waals surface area (Å²) in [6.45, 7) is 0. The van der Waals surface area contributed by atoms with Gasteiger partial charge in [0.15, 0.2) is 5.03 Å². The van der Waals surface area contributed by atoms with Crippen molar-refractivity contribution < 1.29 is 8.42 Å². The number of nitrogens with zero attached hydrogens (tertiary/aromatic N) is 2. The summed E-state index contributed by atoms with van der Waals surface area (Å²) in [7, 11) is 1.31. The molecule has 0 aliphatic heterocycles. The van der Waals surface area contributed by atoms with Crippen molar-refractivity contribution in [2.75, 3.05) is 0 Å². The molecule has 2 heterocycles. The molecule has 0 aromatic carbocycles. The molecule has 0 atom stereocenters. The second-order valence-electron chi connectivity index (χ2n) is 2.30. The summed E-state index contributed by atoms with van der Waals surface area (Å²) in [6.07, 6.45) is 2.89. The number of aromatic amines is 1. The molecule has 5 nitrogen and oxygen atoms in total. The minimum atomic E-state index is -3.85. The summed E-state index contributed by atoms with van der Waals surface area (Å²) in [6, 6.07) is 0. The molecule has 0 spiro atoms. The minimum Gasteiger partial charge on any atom is -0.313 e. The Morgan fingerprint density at radius 3 is 2.85 bits per heavy atom. The van der Waals surface area contributed by atoms with Gasteiger partial charge in [-0.05, 0) is 0 Å². The van der Waals surface area contributed by atoms with Gasteiger partial charge in [-0.1, -0.05) is 11.6 Å². The molecule has 2 aromatic heterocycles. The third kappa shape index (κ3) is 1.31. The largest absolute Gasteiger partial charge is 0.313 e. The number of halogens is 2. The highest BCUT2D eigenvalue weighted by molar-refractivity contribution is 8.13. The molecule has 0 saturated heterocycles. The lowest BCUT2D eigenvalue weighted by Gasteiger charge is -1.92. The van der Waals surface area contributed by atoms with E-state index in [0.29, 0.717) is 5.78 Å². The van der Waals surface area contributed by atoms with E-state index in [1.807, 2.05) is 0 Å². The van der Waals surface area contributed by atoms with Crippen LogP contribution in [0.25, 0.3) is 5.78 Å². The van der Waals surface area contributed by atoms with Gasteiger partial charge in [0, 0.05) is 23.1 Å². The van der Waals surface area contributed by atoms with Gasteiger partial charge in [-0.3, -0.25) is 4.40 Å². The number of H-pyrrole nitrogens is 1. The van der Waals surface area contributed by atoms with Crippen LogP contribution in [0.5, 0.6) is 0 Å². The molecule has 0 aliphatic rings. The van der Waals surface area contributed by atoms with Crippen LogP contribution in [0.2, 0.25) is 5.15 Å². The van der Waals surface area contributed by atoms with E-state index in [0.717, 1.165) is 0 Å². The van der Waals surface area contributed by atoms with E-state index in [-0.39, 0.29) is 10.2 Å². The molecule has 2 rings (SSSR count). The third-order valence-electron chi connectivity index (χ3n) is 1.50. The Hall–Kier alpha value is -0.720. The Bertz CT molecular complexity index is 555. The van der Waals surface area contributed by atoms with Gasteiger partial charge < -0.3 is 4.98 Å². The van der Waals surface area contributed by atoms with Crippen molar-refractivity contribution in [3.63, 3.8) is 0 Å². The maximum Gasteiger partial charge on any atom is 0.280 e. The van der Waals surface area contributed by atoms with Crippen LogP contribution in [0.3, 0.4) is 0 Å². The number of hydrogen-bond donors (Lipinski definition) is 1. The van der Waals surface area contributed by atoms with Crippen LogP contribution < -0.4 is 0 Å². The van der Waals surface area contributed by atoms with Crippen molar-refractivity contribution in [1.29, 1.82) is 0 Å². The second-order valence-corrected chi connectivity index (χ2v) is 5.16. The summed E-state index contributed by atoms with van der Waals surface area (Å²) >= 11 is 5.61. The van der Waals surface area contributed by atoms with E-state index in [1.54, 1.807) is 0 Å². The van der Waals surface area contributed by atoms with Crippen LogP contribution >= 0.6 is 22.3 Å². The summed E-state index contributed by atoms with van der Waals surface area (Å²) in [5, 5.41) is -0.235. The van der Waals surface area contributed by atoms with Crippen LogP contribution in [-0.2, 0) is 9.05 Å². The first-order valence-corrected chi connectivity index (χ1v) is 5.84. The molecule has 0 bridgehead atoms. The molecule has 0 unspecified atom stereocenters. The molecular formula is C5H3Cl2N3O2S. The average molecular weight is 240 g/mol. The van der Waals surface area contributed by atoms with Crippen LogP contribution in [0.1, 0.15) is 0 Å². The Balaban J connectivity index is 2.94. The Labute approximate surface area is 82.7 Å². The van der Waals surface area contributed by atoms with Gasteiger partial charge in [-0.15, -0.1) is 0 Å². The molecule has 0 saturated carbocycles. The summed E-state index contributed by atoms with van der Waals surface area (Å²) in [5.41, 5.74) is 0. The molecule has 70 valence electrons. The van der Waals surface area contributed by atoms with Crippen molar-refractivity contribution in [3.05, 3.63) is 17.5 Å². The normalized spacial score (nSPS) is 12.5. The monoisotopic (exact) mass is 239 g/mol. The Kier molecular flexibility index (Phi) is 1.79. The number of fused-ring (bicyclic) bond motifs is 1. The highest BCUT2D eigenvalue weighted by Gasteiger charge is 2.21. The number of nitrogens with one attached hydrogen (secondary N) is 1. The zero-order valence-electron chi connectivity index (χ0n) is 6.03. The molecule has 1 N–H and O–H groups in total. The summed E-state index contributed by atoms with van der Waals surface area (Å²) in [5.74, 6) is 0.337. The van der Waals surface area contributed by atoms with Crippen LogP contribution in [0.15, 0.2) is 17.4 Å². The molecular weight excluding hydrogens is 237 g/mol. The fraction of sp³-hybridized carbons (Fsp3) is 0. The van der Waals surface area contributed by atoms with Crippen LogP contribution in [-0.4, -0.2) is 22.8 Å². The van der Waals surface area contributed by atoms with Crippen molar-refractivity contribution in [3.8, 4) is 0 Å². The van der Waals surface area contributed by atoms with Gasteiger partial charge in [0.2, 0.25) is 5.78 Å². The first kappa shape index (κ1) is 8.86. The minimum absolute atomic E-state index is 0.0434. The van der Waals surface area contributed by atoms with E-state index in [1.165, 1.54) is 16.8 Å². The van der Waals surface area contributed by atoms with Gasteiger partial charge in [-0.25, -0.2) is 13.4 Å². The van der Waals surface area contributed by atoms with E-state index < -0.39 is 9.05 Å². The van der Waals surface area contributed by atoms with E-state index in [4.69, 9.17) is 22.3 Å². The average Bonchev–Trinajstić information content (AvgIpc) is 2.41. The summed E-state index contributed by atoms with van der Waals surface area (Å²) < 4.78 is 23.3. The number of hydrogen-bond acceptors (Lipinski definition) is 3. The van der Waals surface area contributed by atoms with E-state index >= 15 is 0 Å². The van der Waals surface area contributed by atoms with Crippen LogP contribution in [0, 0.1) is 0 Å². The predicted molar refractivity (Wildman–Crippen MR) is 47.6 cm³/mol. The zero-order valence-corrected chi connectivity index (χ0v) is 8.36. The van der Waals surface area contributed by atoms with Gasteiger partial charge in [0.05, 0.1) is 0 Å². The van der Waals surface area contributed by atoms with Gasteiger partial charge in [0.1, 0.15) is 5.15 Å². The molecule has 0 fully saturated rings. The smallest absolute Gasteiger partial charge is 0.280 e. The van der Waals surface area contributed by atoms with Crippen molar-refractivity contribution >= 4 is 37.1 Å². The first-order chi connectivity index (χ1) is 6.00. The Morgan fingerprint density at radius 2 is 2.23 bits per heavy atom. The van der Waals surface area contributed by atoms with E-state index in [9.17, 15) is 8.42 Å². The van der Waals surface area contributed by atoms with Crippen LogP contribution in [0.4, 0.5) is 0 Å². The highest BCUT2D eigenvalue weighted by Crippen LogP contribution is 2.24. The van der Waals surface area contributed by atoms with E-state index in [2.05, 4.69) is 9.97 Å². The standard InChI is InChI=1S/C5H3Cl2N3O2S/c6-3-4(13(7,11)12)10-2-1-8-5(10)9-3/h1-2H,(H,8,9). The SMILES string of the molecule is O=S(=O)(Cl)c1c(Cl)[nH]c2nccn12. The summed E-state index contributed by atoms with van der Waals surface area (Å²) in [4.78, 5) is 6.38. The fourth-order valence-corrected chi connectivity index (χ4v) is 2.74. The molecule has 8 heteroatoms. The molecule has 13 heavy (non-hydrogen) atoms. The lowest BCUT2D eigenvalue weighted by Crippen LogP contribution is -1.95. The lowest BCUT2D eigenvalue weighted by atomic mass is 10.8. The highest BCUT2D eigenvalue weighted by atomic mass is 35.7. The quantitative estimate of drug-likeness (QED) is 0.762. The van der Waals surface area contributed by atoms with Crippen molar-refractivity contribution in [2.45, 2.75) is 5.03 Å². The molecule has 0 radical (unpaired) electrons. The molecule has 2 aromatic rings. The lowest BCUT2D eigenvalue weighted by molar-refractivity contribution is 0.605. The van der Waals surface area contributed by atoms with Crippen molar-refractivity contribution in [1.82, 2.24) is 14.4 Å². The maximum absolute atomic E-state index is 11.0. The van der Waals surface area contributed by atoms with Gasteiger partial charge >= 0.3 is 0 Å². The zero-order chi connectivity index (χ0) is 9.64.